The van der Waals surface area contributed by atoms with Crippen LogP contribution in [-0.4, -0.2) is 82.6 Å². The summed E-state index contributed by atoms with van der Waals surface area (Å²) in [6.45, 7) is 2.00. The Labute approximate surface area is 274 Å². The molecule has 14 nitrogen and oxygen atoms in total. The fraction of sp³-hybridized carbons (Fsp3) is 0.379. The van der Waals surface area contributed by atoms with Gasteiger partial charge in [0.05, 0.1) is 31.8 Å². The molecule has 1 heterocycles. The fourth-order valence-corrected chi connectivity index (χ4v) is 4.36. The second-order valence-electron chi connectivity index (χ2n) is 10.2. The molecule has 4 rings (SSSR count). The Morgan fingerprint density at radius 1 is 0.878 bits per heavy atom. The molecule has 49 heavy (non-hydrogen) atoms. The van der Waals surface area contributed by atoms with Crippen molar-refractivity contribution < 1.29 is 60.4 Å². The molecule has 1 fully saturated rings. The first-order chi connectivity index (χ1) is 22.8. The van der Waals surface area contributed by atoms with Gasteiger partial charge in [-0.05, 0) is 44.0 Å². The van der Waals surface area contributed by atoms with E-state index in [-0.39, 0.29) is 23.9 Å². The third kappa shape index (κ3) is 12.2. The van der Waals surface area contributed by atoms with Crippen molar-refractivity contribution in [3.8, 4) is 11.5 Å². The van der Waals surface area contributed by atoms with Crippen LogP contribution in [0.15, 0.2) is 41.4 Å². The van der Waals surface area contributed by atoms with Crippen LogP contribution in [0, 0.1) is 6.92 Å². The summed E-state index contributed by atoms with van der Waals surface area (Å²) >= 11 is 0. The topological polar surface area (TPSA) is 224 Å². The molecule has 0 saturated heterocycles. The van der Waals surface area contributed by atoms with E-state index >= 15 is 0 Å². The molecule has 1 amide bonds. The number of carbonyl (C=O) groups excluding carboxylic acids is 1. The Morgan fingerprint density at radius 2 is 1.45 bits per heavy atom. The summed E-state index contributed by atoms with van der Waals surface area (Å²) in [4.78, 5) is 44.5. The molecule has 1 aliphatic rings. The molecule has 20 heteroatoms. The van der Waals surface area contributed by atoms with Crippen molar-refractivity contribution in [3.05, 3.63) is 47.8 Å². The molecule has 0 radical (unpaired) electrons. The van der Waals surface area contributed by atoms with Crippen molar-refractivity contribution in [2.24, 2.45) is 16.5 Å². The number of nitrogens with two attached hydrogens (primary N) is 2. The number of aryl methyl sites for hydroxylation is 1. The van der Waals surface area contributed by atoms with Crippen LogP contribution in [0.1, 0.15) is 41.9 Å². The summed E-state index contributed by atoms with van der Waals surface area (Å²) in [5.41, 5.74) is 13.6. The van der Waals surface area contributed by atoms with Gasteiger partial charge in [0.1, 0.15) is 5.82 Å². The summed E-state index contributed by atoms with van der Waals surface area (Å²) in [6.07, 6.45) is -6.28. The van der Waals surface area contributed by atoms with Gasteiger partial charge in [-0.2, -0.15) is 26.3 Å². The van der Waals surface area contributed by atoms with Crippen LogP contribution in [0.5, 0.6) is 11.5 Å². The number of hydrogen-bond donors (Lipinski definition) is 6. The van der Waals surface area contributed by atoms with E-state index < -0.39 is 30.2 Å². The van der Waals surface area contributed by atoms with E-state index in [9.17, 15) is 31.1 Å². The van der Waals surface area contributed by atoms with Crippen molar-refractivity contribution >= 4 is 46.2 Å². The number of hydrogen-bond acceptors (Lipinski definition) is 9. The predicted molar refractivity (Wildman–Crippen MR) is 165 cm³/mol. The number of rotatable bonds is 7. The van der Waals surface area contributed by atoms with Gasteiger partial charge in [0.2, 0.25) is 5.82 Å². The summed E-state index contributed by atoms with van der Waals surface area (Å²) in [6, 6.07) is 10.9. The molecule has 2 unspecified atom stereocenters. The molecule has 8 N–H and O–H groups in total. The standard InChI is InChI=1S/C25H31N7O3.2C2HF3O2/c1-14-8-10-17-16(12-14)22(30-18-6-4-5-7-19(18)31-25(26)27)32-23(29-17)24(33)28-15-9-11-20(34-2)21(13-15)35-3;2*3-2(4,5)1(6)7/h8-13,18-19H,4-7H2,1-3H3,(H,28,33)(H4,26,27,31)(H,29,30,32);2*(H,6,7). The minimum atomic E-state index is -5.08. The van der Waals surface area contributed by atoms with Crippen LogP contribution < -0.4 is 31.6 Å². The van der Waals surface area contributed by atoms with E-state index in [4.69, 9.17) is 40.7 Å². The quantitative estimate of drug-likeness (QED) is 0.114. The number of aliphatic carboxylic acids is 2. The SMILES string of the molecule is COc1ccc(NC(=O)c2nc(NC3CCCCC3N=C(N)N)c3cc(C)ccc3n2)cc1OC.O=C(O)C(F)(F)F.O=C(O)C(F)(F)F. The number of anilines is 2. The van der Waals surface area contributed by atoms with Crippen LogP contribution in [-0.2, 0) is 9.59 Å². The summed E-state index contributed by atoms with van der Waals surface area (Å²) < 4.78 is 74.1. The molecular weight excluding hydrogens is 672 g/mol. The predicted octanol–water partition coefficient (Wildman–Crippen LogP) is 4.47. The van der Waals surface area contributed by atoms with Gasteiger partial charge in [0, 0.05) is 17.1 Å². The largest absolute Gasteiger partial charge is 0.493 e. The number of nitrogens with zero attached hydrogens (tertiary/aromatic N) is 3. The molecule has 0 bridgehead atoms. The fourth-order valence-electron chi connectivity index (χ4n) is 4.36. The zero-order chi connectivity index (χ0) is 37.1. The maximum atomic E-state index is 13.1. The van der Waals surface area contributed by atoms with Crippen LogP contribution in [0.2, 0.25) is 0 Å². The minimum Gasteiger partial charge on any atom is -0.493 e. The third-order valence-corrected chi connectivity index (χ3v) is 6.55. The van der Waals surface area contributed by atoms with E-state index in [1.54, 1.807) is 25.3 Å². The zero-order valence-corrected chi connectivity index (χ0v) is 26.1. The van der Waals surface area contributed by atoms with Crippen molar-refractivity contribution in [3.63, 3.8) is 0 Å². The molecule has 2 aromatic carbocycles. The van der Waals surface area contributed by atoms with Gasteiger partial charge in [0.25, 0.3) is 5.91 Å². The molecule has 3 aromatic rings. The Balaban J connectivity index is 0.000000500. The van der Waals surface area contributed by atoms with Crippen molar-refractivity contribution in [2.75, 3.05) is 24.9 Å². The number of carboxylic acid groups (broad SMARTS) is 2. The summed E-state index contributed by atoms with van der Waals surface area (Å²) in [7, 11) is 3.09. The number of methoxy groups -OCH3 is 2. The van der Waals surface area contributed by atoms with Crippen LogP contribution in [0.3, 0.4) is 0 Å². The maximum absolute atomic E-state index is 13.1. The third-order valence-electron chi connectivity index (χ3n) is 6.55. The molecule has 268 valence electrons. The van der Waals surface area contributed by atoms with Crippen LogP contribution in [0.25, 0.3) is 10.9 Å². The van der Waals surface area contributed by atoms with Gasteiger partial charge >= 0.3 is 24.3 Å². The number of guanidine groups is 1. The van der Waals surface area contributed by atoms with Gasteiger partial charge in [0.15, 0.2) is 17.5 Å². The van der Waals surface area contributed by atoms with E-state index in [0.717, 1.165) is 36.6 Å². The lowest BCUT2D eigenvalue weighted by Gasteiger charge is -2.30. The average molecular weight is 706 g/mol. The molecule has 0 spiro atoms. The van der Waals surface area contributed by atoms with Gasteiger partial charge in [-0.1, -0.05) is 24.5 Å². The van der Waals surface area contributed by atoms with E-state index in [1.165, 1.54) is 7.11 Å². The zero-order valence-electron chi connectivity index (χ0n) is 26.1. The Hall–Kier alpha value is -5.56. The number of halogens is 6. The summed E-state index contributed by atoms with van der Waals surface area (Å²) in [5.74, 6) is -4.18. The highest BCUT2D eigenvalue weighted by molar-refractivity contribution is 6.04. The van der Waals surface area contributed by atoms with Crippen molar-refractivity contribution in [2.45, 2.75) is 57.0 Å². The first-order valence-corrected chi connectivity index (χ1v) is 14.0. The molecular formula is C29H33F6N7O7. The number of aromatic nitrogens is 2. The lowest BCUT2D eigenvalue weighted by molar-refractivity contribution is -0.193. The average Bonchev–Trinajstić information content (AvgIpc) is 3.01. The normalized spacial score (nSPS) is 15.7. The van der Waals surface area contributed by atoms with Crippen molar-refractivity contribution in [1.82, 2.24) is 9.97 Å². The second kappa shape index (κ2) is 17.0. The van der Waals surface area contributed by atoms with E-state index in [2.05, 4.69) is 25.6 Å². The number of nitrogens with one attached hydrogen (secondary N) is 2. The van der Waals surface area contributed by atoms with Gasteiger partial charge in [-0.25, -0.2) is 24.5 Å². The first kappa shape index (κ1) is 39.6. The number of carbonyl (C=O) groups is 3. The van der Waals surface area contributed by atoms with Gasteiger partial charge < -0.3 is 41.8 Å². The lowest BCUT2D eigenvalue weighted by Crippen LogP contribution is -2.38. The maximum Gasteiger partial charge on any atom is 0.490 e. The molecule has 2 atom stereocenters. The Bertz CT molecular complexity index is 1640. The Kier molecular flexibility index (Phi) is 13.8. The number of alkyl halides is 6. The van der Waals surface area contributed by atoms with Crippen LogP contribution in [0.4, 0.5) is 37.8 Å². The molecule has 0 aliphatic heterocycles. The minimum absolute atomic E-state index is 0.00813. The lowest BCUT2D eigenvalue weighted by atomic mass is 9.90. The highest BCUT2D eigenvalue weighted by Crippen LogP contribution is 2.31. The number of amides is 1. The number of benzene rings is 2. The number of fused-ring (bicyclic) bond motifs is 1. The van der Waals surface area contributed by atoms with Crippen LogP contribution >= 0.6 is 0 Å². The molecule has 1 saturated carbocycles. The van der Waals surface area contributed by atoms with E-state index in [0.29, 0.717) is 28.5 Å². The first-order valence-electron chi connectivity index (χ1n) is 14.0. The molecule has 1 aliphatic carbocycles. The Morgan fingerprint density at radius 3 is 1.98 bits per heavy atom. The second-order valence-corrected chi connectivity index (χ2v) is 10.2. The smallest absolute Gasteiger partial charge is 0.490 e. The molecule has 1 aromatic heterocycles. The monoisotopic (exact) mass is 705 g/mol. The van der Waals surface area contributed by atoms with Gasteiger partial charge in [-0.3, -0.25) is 4.79 Å². The highest BCUT2D eigenvalue weighted by atomic mass is 19.4. The summed E-state index contributed by atoms with van der Waals surface area (Å²) in [5, 5.41) is 21.4. The van der Waals surface area contributed by atoms with E-state index in [1.807, 2.05) is 25.1 Å². The highest BCUT2D eigenvalue weighted by Gasteiger charge is 2.39. The number of carboxylic acids is 2. The van der Waals surface area contributed by atoms with Gasteiger partial charge in [-0.15, -0.1) is 0 Å². The number of ether oxygens (including phenoxy) is 2. The number of aliphatic imine (C=N–C) groups is 1. The van der Waals surface area contributed by atoms with Crippen molar-refractivity contribution in [1.29, 1.82) is 0 Å².